The van der Waals surface area contributed by atoms with Crippen LogP contribution >= 0.6 is 0 Å². The van der Waals surface area contributed by atoms with Crippen molar-refractivity contribution in [1.82, 2.24) is 0 Å². The quantitative estimate of drug-likeness (QED) is 0.567. The van der Waals surface area contributed by atoms with E-state index >= 15 is 0 Å². The molecule has 0 aromatic heterocycles. The highest BCUT2D eigenvalue weighted by Crippen LogP contribution is 2.32. The Hall–Kier alpha value is -2.31. The van der Waals surface area contributed by atoms with Crippen LogP contribution in [-0.2, 0) is 4.74 Å². The number of nitro groups is 1. The lowest BCUT2D eigenvalue weighted by atomic mass is 10.1. The van der Waals surface area contributed by atoms with E-state index in [1.165, 1.54) is 25.2 Å². The molecule has 1 aromatic carbocycles. The predicted molar refractivity (Wildman–Crippen MR) is 92.7 cm³/mol. The molecule has 7 heteroatoms. The molecular formula is C17H26N2O5. The van der Waals surface area contributed by atoms with Crippen molar-refractivity contribution in [3.05, 3.63) is 28.3 Å². The Kier molecular flexibility index (Phi) is 6.57. The van der Waals surface area contributed by atoms with E-state index in [2.05, 4.69) is 13.8 Å². The van der Waals surface area contributed by atoms with Gasteiger partial charge in [-0.15, -0.1) is 0 Å². The molecule has 0 saturated heterocycles. The zero-order chi connectivity index (χ0) is 18.5. The van der Waals surface area contributed by atoms with Crippen molar-refractivity contribution in [1.29, 1.82) is 0 Å². The molecule has 0 saturated carbocycles. The maximum absolute atomic E-state index is 12.2. The Balaban J connectivity index is 3.08. The third-order valence-electron chi connectivity index (χ3n) is 3.40. The van der Waals surface area contributed by atoms with Crippen LogP contribution in [0.1, 0.15) is 41.0 Å². The highest BCUT2D eigenvalue weighted by atomic mass is 16.6. The van der Waals surface area contributed by atoms with Crippen LogP contribution in [-0.4, -0.2) is 30.3 Å². The van der Waals surface area contributed by atoms with Crippen LogP contribution in [0, 0.1) is 16.0 Å². The Labute approximate surface area is 142 Å². The first-order chi connectivity index (χ1) is 11.0. The van der Waals surface area contributed by atoms with Gasteiger partial charge in [0.1, 0.15) is 17.0 Å². The smallest absolute Gasteiger partial charge is 0.414 e. The molecule has 0 aliphatic rings. The molecule has 0 spiro atoms. The van der Waals surface area contributed by atoms with E-state index in [0.717, 1.165) is 11.3 Å². The largest absolute Gasteiger partial charge is 0.493 e. The van der Waals surface area contributed by atoms with E-state index in [-0.39, 0.29) is 11.4 Å². The molecule has 0 radical (unpaired) electrons. The summed E-state index contributed by atoms with van der Waals surface area (Å²) in [7, 11) is 1.44. The molecular weight excluding hydrogens is 312 g/mol. The average Bonchev–Trinajstić information content (AvgIpc) is 2.49. The fourth-order valence-electron chi connectivity index (χ4n) is 1.80. The van der Waals surface area contributed by atoms with Gasteiger partial charge in [0.25, 0.3) is 5.69 Å². The second-order valence-corrected chi connectivity index (χ2v) is 6.77. The molecule has 0 N–H and O–H groups in total. The van der Waals surface area contributed by atoms with E-state index in [9.17, 15) is 14.9 Å². The Morgan fingerprint density at radius 3 is 2.50 bits per heavy atom. The van der Waals surface area contributed by atoms with Gasteiger partial charge in [0.15, 0.2) is 0 Å². The maximum Gasteiger partial charge on any atom is 0.414 e. The lowest BCUT2D eigenvalue weighted by Gasteiger charge is -2.24. The summed E-state index contributed by atoms with van der Waals surface area (Å²) in [6.45, 7) is 9.82. The molecule has 24 heavy (non-hydrogen) atoms. The maximum atomic E-state index is 12.2. The topological polar surface area (TPSA) is 81.9 Å². The number of amides is 1. The minimum Gasteiger partial charge on any atom is -0.493 e. The molecule has 134 valence electrons. The first kappa shape index (κ1) is 19.7. The molecule has 1 amide bonds. The van der Waals surface area contributed by atoms with Gasteiger partial charge in [-0.25, -0.2) is 4.79 Å². The van der Waals surface area contributed by atoms with Crippen molar-refractivity contribution in [2.75, 3.05) is 18.6 Å². The monoisotopic (exact) mass is 338 g/mol. The number of hydrogen-bond acceptors (Lipinski definition) is 5. The number of carbonyl (C=O) groups is 1. The van der Waals surface area contributed by atoms with Crippen LogP contribution in [0.3, 0.4) is 0 Å². The van der Waals surface area contributed by atoms with Crippen molar-refractivity contribution < 1.29 is 19.2 Å². The van der Waals surface area contributed by atoms with Crippen LogP contribution in [0.4, 0.5) is 16.2 Å². The zero-order valence-electron chi connectivity index (χ0n) is 15.2. The third kappa shape index (κ3) is 5.72. The normalized spacial score (nSPS) is 12.4. The van der Waals surface area contributed by atoms with E-state index in [4.69, 9.17) is 9.47 Å². The lowest BCUT2D eigenvalue weighted by molar-refractivity contribution is -0.384. The molecule has 0 aliphatic carbocycles. The molecule has 0 bridgehead atoms. The molecule has 1 aromatic rings. The number of nitrogens with zero attached hydrogens (tertiary/aromatic N) is 2. The van der Waals surface area contributed by atoms with Gasteiger partial charge < -0.3 is 9.47 Å². The van der Waals surface area contributed by atoms with Crippen molar-refractivity contribution in [3.8, 4) is 5.75 Å². The molecule has 0 heterocycles. The first-order valence-corrected chi connectivity index (χ1v) is 7.93. The van der Waals surface area contributed by atoms with Crippen molar-refractivity contribution in [3.63, 3.8) is 0 Å². The highest BCUT2D eigenvalue weighted by Gasteiger charge is 2.26. The average molecular weight is 338 g/mol. The van der Waals surface area contributed by atoms with Crippen LogP contribution in [0.2, 0.25) is 0 Å². The number of hydrogen-bond donors (Lipinski definition) is 0. The van der Waals surface area contributed by atoms with Gasteiger partial charge in [0, 0.05) is 19.2 Å². The number of anilines is 1. The number of rotatable bonds is 6. The van der Waals surface area contributed by atoms with Gasteiger partial charge in [0.2, 0.25) is 0 Å². The lowest BCUT2D eigenvalue weighted by Crippen LogP contribution is -2.34. The summed E-state index contributed by atoms with van der Waals surface area (Å²) in [5.41, 5.74) is -0.736. The first-order valence-electron chi connectivity index (χ1n) is 7.93. The Bertz CT molecular complexity index is 595. The van der Waals surface area contributed by atoms with Gasteiger partial charge >= 0.3 is 6.09 Å². The third-order valence-corrected chi connectivity index (χ3v) is 3.40. The standard InChI is InChI=1S/C17H26N2O5/c1-7-12(2)11-23-13-8-9-14(19(21)22)15(10-13)18(6)16(20)24-17(3,4)5/h8-10,12H,7,11H2,1-6H3. The van der Waals surface area contributed by atoms with E-state index in [1.54, 1.807) is 20.8 Å². The number of carbonyl (C=O) groups excluding carboxylic acids is 1. The summed E-state index contributed by atoms with van der Waals surface area (Å²) >= 11 is 0. The van der Waals surface area contributed by atoms with Crippen LogP contribution < -0.4 is 9.64 Å². The minimum absolute atomic E-state index is 0.135. The molecule has 0 aliphatic heterocycles. The van der Waals surface area contributed by atoms with Gasteiger partial charge in [-0.05, 0) is 32.8 Å². The van der Waals surface area contributed by atoms with E-state index < -0.39 is 16.6 Å². The van der Waals surface area contributed by atoms with Gasteiger partial charge in [-0.3, -0.25) is 15.0 Å². The summed E-state index contributed by atoms with van der Waals surface area (Å²) in [5.74, 6) is 0.846. The Morgan fingerprint density at radius 1 is 1.38 bits per heavy atom. The van der Waals surface area contributed by atoms with Crippen molar-refractivity contribution in [2.45, 2.75) is 46.6 Å². The fourth-order valence-corrected chi connectivity index (χ4v) is 1.80. The van der Waals surface area contributed by atoms with E-state index in [1.807, 2.05) is 0 Å². The predicted octanol–water partition coefficient (Wildman–Crippen LogP) is 4.39. The summed E-state index contributed by atoms with van der Waals surface area (Å²) < 4.78 is 10.9. The summed E-state index contributed by atoms with van der Waals surface area (Å²) in [4.78, 5) is 24.0. The highest BCUT2D eigenvalue weighted by molar-refractivity contribution is 5.90. The van der Waals surface area contributed by atoms with E-state index in [0.29, 0.717) is 18.3 Å². The molecule has 7 nitrogen and oxygen atoms in total. The Morgan fingerprint density at radius 2 is 2.00 bits per heavy atom. The van der Waals surface area contributed by atoms with Gasteiger partial charge in [0.05, 0.1) is 11.5 Å². The van der Waals surface area contributed by atoms with Gasteiger partial charge in [-0.2, -0.15) is 0 Å². The number of nitro benzene ring substituents is 1. The minimum atomic E-state index is -0.690. The van der Waals surface area contributed by atoms with Crippen molar-refractivity contribution in [2.24, 2.45) is 5.92 Å². The number of ether oxygens (including phenoxy) is 2. The molecule has 1 unspecified atom stereocenters. The second-order valence-electron chi connectivity index (χ2n) is 6.77. The SMILES string of the molecule is CCC(C)COc1ccc([N+](=O)[O-])c(N(C)C(=O)OC(C)(C)C)c1. The van der Waals surface area contributed by atoms with Gasteiger partial charge in [-0.1, -0.05) is 20.3 Å². The molecule has 1 atom stereocenters. The molecule has 0 fully saturated rings. The van der Waals surface area contributed by atoms with Crippen LogP contribution in [0.25, 0.3) is 0 Å². The van der Waals surface area contributed by atoms with Crippen LogP contribution in [0.15, 0.2) is 18.2 Å². The summed E-state index contributed by atoms with van der Waals surface area (Å²) in [6, 6.07) is 4.36. The fraction of sp³-hybridized carbons (Fsp3) is 0.588. The molecule has 1 rings (SSSR count). The summed E-state index contributed by atoms with van der Waals surface area (Å²) in [5, 5.41) is 11.2. The summed E-state index contributed by atoms with van der Waals surface area (Å²) in [6.07, 6.45) is 0.308. The van der Waals surface area contributed by atoms with Crippen molar-refractivity contribution >= 4 is 17.5 Å². The second kappa shape index (κ2) is 7.99. The zero-order valence-corrected chi connectivity index (χ0v) is 15.2. The van der Waals surface area contributed by atoms with Crippen LogP contribution in [0.5, 0.6) is 5.75 Å². The number of benzene rings is 1.